The van der Waals surface area contributed by atoms with Gasteiger partial charge in [0.2, 0.25) is 0 Å². The van der Waals surface area contributed by atoms with E-state index < -0.39 is 0 Å². The smallest absolute Gasteiger partial charge is 0.308 e. The van der Waals surface area contributed by atoms with E-state index in [1.807, 2.05) is 42.5 Å². The Balaban J connectivity index is 1.86. The van der Waals surface area contributed by atoms with Crippen LogP contribution in [0, 0.1) is 0 Å². The second-order valence-corrected chi connectivity index (χ2v) is 11.9. The van der Waals surface area contributed by atoms with Crippen molar-refractivity contribution in [3.05, 3.63) is 63.8 Å². The molecule has 0 unspecified atom stereocenters. The number of anilines is 1. The second kappa shape index (κ2) is 9.54. The quantitative estimate of drug-likeness (QED) is 0.288. The predicted molar refractivity (Wildman–Crippen MR) is 141 cm³/mol. The number of nitrogens with zero attached hydrogens (tertiary/aromatic N) is 4. The van der Waals surface area contributed by atoms with Gasteiger partial charge in [-0.15, -0.1) is 10.2 Å². The lowest BCUT2D eigenvalue weighted by Gasteiger charge is -2.31. The molecular formula is C27H31N5O3S. The highest BCUT2D eigenvalue weighted by atomic mass is 32.2. The van der Waals surface area contributed by atoms with Crippen molar-refractivity contribution in [1.29, 1.82) is 0 Å². The molecule has 2 heterocycles. The fourth-order valence-corrected chi connectivity index (χ4v) is 5.12. The first-order valence-electron chi connectivity index (χ1n) is 11.7. The molecule has 36 heavy (non-hydrogen) atoms. The number of aromatic amines is 1. The second-order valence-electron chi connectivity index (χ2n) is 10.8. The first-order chi connectivity index (χ1) is 16.8. The van der Waals surface area contributed by atoms with E-state index >= 15 is 0 Å². The van der Waals surface area contributed by atoms with Gasteiger partial charge in [0, 0.05) is 22.9 Å². The van der Waals surface area contributed by atoms with Crippen LogP contribution in [0.25, 0.3) is 6.08 Å². The molecule has 1 N–H and O–H groups in total. The molecular weight excluding hydrogens is 474 g/mol. The number of aromatic nitrogens is 4. The minimum atomic E-state index is -0.358. The fraction of sp³-hybridized carbons (Fsp3) is 0.370. The highest BCUT2D eigenvalue weighted by Gasteiger charge is 2.32. The number of esters is 1. The van der Waals surface area contributed by atoms with Crippen LogP contribution in [0.4, 0.5) is 5.69 Å². The molecule has 2 aromatic carbocycles. The SMILES string of the molecule is CC(=O)Oc1c(C(C)(C)C)cc(C=C2Sc3ccccc3N(Cc3nn[nH]n3)C2=O)cc1C(C)(C)C. The molecule has 0 spiro atoms. The Kier molecular flexibility index (Phi) is 6.79. The van der Waals surface area contributed by atoms with Gasteiger partial charge >= 0.3 is 5.97 Å². The van der Waals surface area contributed by atoms with Gasteiger partial charge in [-0.2, -0.15) is 5.21 Å². The van der Waals surface area contributed by atoms with Crippen molar-refractivity contribution >= 4 is 35.4 Å². The average Bonchev–Trinajstić information content (AvgIpc) is 3.29. The molecule has 3 aromatic rings. The van der Waals surface area contributed by atoms with E-state index in [0.717, 1.165) is 27.3 Å². The number of fused-ring (bicyclic) bond motifs is 1. The van der Waals surface area contributed by atoms with Gasteiger partial charge in [0.25, 0.3) is 5.91 Å². The third-order valence-corrected chi connectivity index (χ3v) is 6.87. The van der Waals surface area contributed by atoms with Crippen LogP contribution in [-0.2, 0) is 27.0 Å². The number of hydrogen-bond acceptors (Lipinski definition) is 7. The molecule has 1 aliphatic heterocycles. The molecule has 0 radical (unpaired) electrons. The van der Waals surface area contributed by atoms with Crippen LogP contribution in [0.5, 0.6) is 5.75 Å². The maximum atomic E-state index is 13.7. The molecule has 4 rings (SSSR count). The number of carbonyl (C=O) groups is 2. The summed E-state index contributed by atoms with van der Waals surface area (Å²) in [6.45, 7) is 14.1. The number of amides is 1. The molecule has 0 atom stereocenters. The van der Waals surface area contributed by atoms with E-state index in [2.05, 4.69) is 62.2 Å². The van der Waals surface area contributed by atoms with Gasteiger partial charge in [0.15, 0.2) is 5.82 Å². The first kappa shape index (κ1) is 25.6. The summed E-state index contributed by atoms with van der Waals surface area (Å²) in [7, 11) is 0. The largest absolute Gasteiger partial charge is 0.426 e. The highest BCUT2D eigenvalue weighted by Crippen LogP contribution is 2.45. The van der Waals surface area contributed by atoms with Crippen LogP contribution in [0.2, 0.25) is 0 Å². The standard InChI is InChI=1S/C27H31N5O3S/c1-16(33)35-24-18(26(2,3)4)12-17(13-19(24)27(5,6)7)14-22-25(34)32(15-23-28-30-31-29-23)20-10-8-9-11-21(20)36-22/h8-14H,15H2,1-7H3,(H,28,29,30,31). The molecule has 0 saturated heterocycles. The number of hydrogen-bond donors (Lipinski definition) is 1. The molecule has 8 nitrogen and oxygen atoms in total. The number of ether oxygens (including phenoxy) is 1. The Hall–Kier alpha value is -3.46. The maximum absolute atomic E-state index is 13.7. The summed E-state index contributed by atoms with van der Waals surface area (Å²) in [5, 5.41) is 14.1. The topological polar surface area (TPSA) is 101 Å². The van der Waals surface area contributed by atoms with Crippen LogP contribution in [0.15, 0.2) is 46.2 Å². The van der Waals surface area contributed by atoms with Crippen molar-refractivity contribution < 1.29 is 14.3 Å². The molecule has 0 fully saturated rings. The van der Waals surface area contributed by atoms with E-state index in [-0.39, 0.29) is 29.3 Å². The van der Waals surface area contributed by atoms with E-state index in [4.69, 9.17) is 4.74 Å². The van der Waals surface area contributed by atoms with Gasteiger partial charge in [-0.1, -0.05) is 70.7 Å². The first-order valence-corrected chi connectivity index (χ1v) is 12.6. The lowest BCUT2D eigenvalue weighted by molar-refractivity contribution is -0.132. The van der Waals surface area contributed by atoms with Crippen molar-refractivity contribution in [3.63, 3.8) is 0 Å². The summed E-state index contributed by atoms with van der Waals surface area (Å²) < 4.78 is 5.76. The number of rotatable bonds is 4. The Morgan fingerprint density at radius 2 is 1.72 bits per heavy atom. The van der Waals surface area contributed by atoms with Crippen LogP contribution in [-0.4, -0.2) is 32.5 Å². The molecule has 1 aromatic heterocycles. The predicted octanol–water partition coefficient (Wildman–Crippen LogP) is 5.40. The highest BCUT2D eigenvalue weighted by molar-refractivity contribution is 8.04. The fourth-order valence-electron chi connectivity index (χ4n) is 4.06. The van der Waals surface area contributed by atoms with Crippen LogP contribution in [0.1, 0.15) is 71.0 Å². The van der Waals surface area contributed by atoms with Crippen molar-refractivity contribution in [2.24, 2.45) is 0 Å². The third kappa shape index (κ3) is 5.36. The van der Waals surface area contributed by atoms with E-state index in [9.17, 15) is 9.59 Å². The van der Waals surface area contributed by atoms with Crippen LogP contribution < -0.4 is 9.64 Å². The van der Waals surface area contributed by atoms with Gasteiger partial charge in [0.05, 0.1) is 17.1 Å². The third-order valence-electron chi connectivity index (χ3n) is 5.79. The normalized spacial score (nSPS) is 15.2. The number of benzene rings is 2. The Bertz CT molecular complexity index is 1300. The van der Waals surface area contributed by atoms with Crippen LogP contribution in [0.3, 0.4) is 0 Å². The minimum absolute atomic E-state index is 0.137. The number of carbonyl (C=O) groups excluding carboxylic acids is 2. The summed E-state index contributed by atoms with van der Waals surface area (Å²) in [5.74, 6) is 0.530. The van der Waals surface area contributed by atoms with Gasteiger partial charge in [0.1, 0.15) is 5.75 Å². The van der Waals surface area contributed by atoms with E-state index in [1.54, 1.807) is 4.90 Å². The Morgan fingerprint density at radius 3 is 2.28 bits per heavy atom. The number of H-pyrrole nitrogens is 1. The van der Waals surface area contributed by atoms with Crippen LogP contribution >= 0.6 is 11.8 Å². The Morgan fingerprint density at radius 1 is 1.08 bits per heavy atom. The maximum Gasteiger partial charge on any atom is 0.308 e. The van der Waals surface area contributed by atoms with E-state index in [1.165, 1.54) is 18.7 Å². The summed E-state index contributed by atoms with van der Waals surface area (Å²) in [5.41, 5.74) is 2.92. The number of thioether (sulfide) groups is 1. The number of para-hydroxylation sites is 1. The van der Waals surface area contributed by atoms with E-state index in [0.29, 0.717) is 16.5 Å². The molecule has 9 heteroatoms. The molecule has 1 amide bonds. The van der Waals surface area contributed by atoms with Gasteiger partial charge in [-0.25, -0.2) is 0 Å². The zero-order valence-corrected chi connectivity index (χ0v) is 22.5. The van der Waals surface area contributed by atoms with Gasteiger partial charge < -0.3 is 4.74 Å². The molecule has 0 bridgehead atoms. The monoisotopic (exact) mass is 505 g/mol. The zero-order valence-electron chi connectivity index (χ0n) is 21.7. The zero-order chi connectivity index (χ0) is 26.3. The lowest BCUT2D eigenvalue weighted by atomic mass is 9.78. The molecule has 188 valence electrons. The van der Waals surface area contributed by atoms with Gasteiger partial charge in [-0.3, -0.25) is 14.5 Å². The minimum Gasteiger partial charge on any atom is -0.426 e. The summed E-state index contributed by atoms with van der Waals surface area (Å²) >= 11 is 1.44. The van der Waals surface area contributed by atoms with Crippen molar-refractivity contribution in [1.82, 2.24) is 20.6 Å². The summed E-state index contributed by atoms with van der Waals surface area (Å²) in [6, 6.07) is 11.8. The Labute approximate surface area is 215 Å². The molecule has 0 aliphatic carbocycles. The van der Waals surface area contributed by atoms with Crippen molar-refractivity contribution in [3.8, 4) is 5.75 Å². The van der Waals surface area contributed by atoms with Gasteiger partial charge in [-0.05, 0) is 46.7 Å². The van der Waals surface area contributed by atoms with Crippen molar-refractivity contribution in [2.45, 2.75) is 70.7 Å². The summed E-state index contributed by atoms with van der Waals surface area (Å²) in [4.78, 5) is 28.9. The number of nitrogens with one attached hydrogen (secondary N) is 1. The van der Waals surface area contributed by atoms with Crippen molar-refractivity contribution in [2.75, 3.05) is 4.90 Å². The average molecular weight is 506 g/mol. The lowest BCUT2D eigenvalue weighted by Crippen LogP contribution is -2.34. The molecule has 0 saturated carbocycles. The number of tetrazole rings is 1. The summed E-state index contributed by atoms with van der Waals surface area (Å²) in [6.07, 6.45) is 1.91. The molecule has 1 aliphatic rings.